The normalized spacial score (nSPS) is 11.2. The minimum atomic E-state index is -0.932. The summed E-state index contributed by atoms with van der Waals surface area (Å²) in [5, 5.41) is 7.46. The van der Waals surface area contributed by atoms with Crippen molar-refractivity contribution >= 4 is 28.4 Å². The summed E-state index contributed by atoms with van der Waals surface area (Å²) in [4.78, 5) is 41.5. The van der Waals surface area contributed by atoms with Gasteiger partial charge in [0, 0.05) is 30.9 Å². The van der Waals surface area contributed by atoms with E-state index < -0.39 is 17.6 Å². The quantitative estimate of drug-likeness (QED) is 0.359. The summed E-state index contributed by atoms with van der Waals surface area (Å²) in [5.41, 5.74) is 7.58. The molecule has 0 fully saturated rings. The van der Waals surface area contributed by atoms with Gasteiger partial charge in [-0.3, -0.25) is 9.59 Å². The van der Waals surface area contributed by atoms with E-state index >= 15 is 0 Å². The fraction of sp³-hybridized carbons (Fsp3) is 0.148. The molecule has 3 heterocycles. The Morgan fingerprint density at radius 2 is 1.84 bits per heavy atom. The van der Waals surface area contributed by atoms with Gasteiger partial charge in [-0.15, -0.1) is 0 Å². The number of hydrogen-bond donors (Lipinski definition) is 2. The maximum atomic E-state index is 14.7. The van der Waals surface area contributed by atoms with Crippen molar-refractivity contribution in [3.8, 4) is 16.9 Å². The van der Waals surface area contributed by atoms with Crippen molar-refractivity contribution in [1.29, 1.82) is 0 Å². The monoisotopic (exact) mass is 513 g/mol. The van der Waals surface area contributed by atoms with Crippen LogP contribution < -0.4 is 16.7 Å². The second kappa shape index (κ2) is 9.43. The van der Waals surface area contributed by atoms with Gasteiger partial charge in [0.15, 0.2) is 11.5 Å². The molecule has 3 N–H and O–H groups in total. The van der Waals surface area contributed by atoms with Gasteiger partial charge in [0.05, 0.1) is 22.5 Å². The minimum Gasteiger partial charge on any atom is -0.366 e. The van der Waals surface area contributed by atoms with Crippen LogP contribution >= 0.6 is 0 Å². The molecule has 0 saturated carbocycles. The number of halogens is 1. The molecule has 38 heavy (non-hydrogen) atoms. The molecule has 0 radical (unpaired) electrons. The average Bonchev–Trinajstić information content (AvgIpc) is 3.40. The number of benzene rings is 2. The summed E-state index contributed by atoms with van der Waals surface area (Å²) < 4.78 is 19.5. The van der Waals surface area contributed by atoms with E-state index in [0.717, 1.165) is 16.6 Å². The van der Waals surface area contributed by atoms with Crippen molar-refractivity contribution in [2.24, 2.45) is 12.8 Å². The highest BCUT2D eigenvalue weighted by molar-refractivity contribution is 6.11. The third kappa shape index (κ3) is 4.03. The number of nitrogens with zero attached hydrogens (tertiary/aromatic N) is 5. The molecule has 11 heteroatoms. The number of hydrogen-bond acceptors (Lipinski definition) is 5. The van der Waals surface area contributed by atoms with Crippen molar-refractivity contribution in [2.75, 3.05) is 5.32 Å². The van der Waals surface area contributed by atoms with Crippen LogP contribution in [0.4, 0.5) is 10.1 Å². The lowest BCUT2D eigenvalue weighted by Gasteiger charge is -2.12. The van der Waals surface area contributed by atoms with Crippen LogP contribution in [0.1, 0.15) is 33.6 Å². The zero-order valence-corrected chi connectivity index (χ0v) is 20.9. The minimum absolute atomic E-state index is 0.105. The summed E-state index contributed by atoms with van der Waals surface area (Å²) in [5.74, 6) is -1.89. The Labute approximate surface area is 216 Å². The van der Waals surface area contributed by atoms with Gasteiger partial charge in [-0.1, -0.05) is 18.2 Å². The molecule has 2 amide bonds. The Morgan fingerprint density at radius 1 is 1.11 bits per heavy atom. The zero-order valence-electron chi connectivity index (χ0n) is 20.9. The number of carbonyl (C=O) groups excluding carboxylic acids is 2. The number of primary amides is 1. The van der Waals surface area contributed by atoms with Gasteiger partial charge in [0.2, 0.25) is 0 Å². The first-order chi connectivity index (χ1) is 18.2. The van der Waals surface area contributed by atoms with Crippen LogP contribution in [-0.2, 0) is 13.6 Å². The van der Waals surface area contributed by atoms with Gasteiger partial charge >= 0.3 is 5.69 Å². The van der Waals surface area contributed by atoms with Crippen LogP contribution in [0, 0.1) is 12.7 Å². The van der Waals surface area contributed by atoms with Gasteiger partial charge < -0.3 is 15.6 Å². The van der Waals surface area contributed by atoms with Gasteiger partial charge in [-0.2, -0.15) is 5.10 Å². The molecule has 0 unspecified atom stereocenters. The summed E-state index contributed by atoms with van der Waals surface area (Å²) >= 11 is 0. The number of nitrogens with two attached hydrogens (primary N) is 1. The third-order valence-electron chi connectivity index (χ3n) is 6.36. The number of aryl methyl sites for hydroxylation is 3. The van der Waals surface area contributed by atoms with E-state index in [-0.39, 0.29) is 22.6 Å². The van der Waals surface area contributed by atoms with Crippen molar-refractivity contribution in [3.63, 3.8) is 0 Å². The molecule has 10 nitrogen and oxygen atoms in total. The number of fused-ring (bicyclic) bond motifs is 1. The zero-order chi connectivity index (χ0) is 27.1. The highest BCUT2D eigenvalue weighted by Crippen LogP contribution is 2.31. The van der Waals surface area contributed by atoms with E-state index in [9.17, 15) is 18.8 Å². The first-order valence-electron chi connectivity index (χ1n) is 11.8. The van der Waals surface area contributed by atoms with Gasteiger partial charge in [-0.05, 0) is 55.8 Å². The smallest absolute Gasteiger partial charge is 0.350 e. The number of carbonyl (C=O) groups is 2. The molecule has 0 spiro atoms. The van der Waals surface area contributed by atoms with E-state index in [1.165, 1.54) is 33.6 Å². The molecule has 0 aliphatic rings. The summed E-state index contributed by atoms with van der Waals surface area (Å²) in [6.07, 6.45) is 1.51. The first kappa shape index (κ1) is 24.6. The number of rotatable bonds is 6. The Hall–Kier alpha value is -5.06. The molecule has 3 aromatic heterocycles. The lowest BCUT2D eigenvalue weighted by Crippen LogP contribution is -2.21. The topological polar surface area (TPSA) is 130 Å². The number of pyridine rings is 1. The van der Waals surface area contributed by atoms with Crippen molar-refractivity contribution < 1.29 is 14.0 Å². The molecule has 0 bridgehead atoms. The van der Waals surface area contributed by atoms with E-state index in [2.05, 4.69) is 15.4 Å². The molecule has 0 aliphatic carbocycles. The average molecular weight is 514 g/mol. The highest BCUT2D eigenvalue weighted by Gasteiger charge is 2.21. The second-order valence-electron chi connectivity index (χ2n) is 8.69. The highest BCUT2D eigenvalue weighted by atomic mass is 19.1. The summed E-state index contributed by atoms with van der Waals surface area (Å²) in [7, 11) is 1.60. The van der Waals surface area contributed by atoms with Crippen molar-refractivity contribution in [1.82, 2.24) is 23.9 Å². The van der Waals surface area contributed by atoms with Crippen LogP contribution in [0.5, 0.6) is 0 Å². The SMILES string of the molecule is CCn1c(-c2ccc(-n3c(C)nn(C)c3=O)cc2)cc2ccnc(C(=O)Nc3cccc(C(N)=O)c3F)c21. The lowest BCUT2D eigenvalue weighted by atomic mass is 10.1. The van der Waals surface area contributed by atoms with E-state index in [1.54, 1.807) is 20.0 Å². The van der Waals surface area contributed by atoms with Crippen molar-refractivity contribution in [3.05, 3.63) is 94.2 Å². The van der Waals surface area contributed by atoms with E-state index in [4.69, 9.17) is 5.73 Å². The Balaban J connectivity index is 1.55. The molecule has 2 aromatic carbocycles. The second-order valence-corrected chi connectivity index (χ2v) is 8.69. The predicted octanol–water partition coefficient (Wildman–Crippen LogP) is 3.41. The van der Waals surface area contributed by atoms with Crippen molar-refractivity contribution in [2.45, 2.75) is 20.4 Å². The maximum absolute atomic E-state index is 14.7. The van der Waals surface area contributed by atoms with Crippen LogP contribution in [0.2, 0.25) is 0 Å². The lowest BCUT2D eigenvalue weighted by molar-refractivity contribution is 0.0991. The Bertz CT molecular complexity index is 1780. The molecule has 0 saturated heterocycles. The number of anilines is 1. The third-order valence-corrected chi connectivity index (χ3v) is 6.36. The summed E-state index contributed by atoms with van der Waals surface area (Å²) in [6, 6.07) is 15.2. The van der Waals surface area contributed by atoms with Crippen LogP contribution in [0.25, 0.3) is 27.8 Å². The largest absolute Gasteiger partial charge is 0.366 e. The Morgan fingerprint density at radius 3 is 2.47 bits per heavy atom. The van der Waals surface area contributed by atoms with E-state index in [0.29, 0.717) is 23.6 Å². The fourth-order valence-electron chi connectivity index (χ4n) is 4.62. The maximum Gasteiger partial charge on any atom is 0.350 e. The van der Waals surface area contributed by atoms with E-state index in [1.807, 2.05) is 41.8 Å². The molecular formula is C27H24FN7O3. The molecule has 5 rings (SSSR count). The van der Waals surface area contributed by atoms with Gasteiger partial charge in [-0.25, -0.2) is 23.4 Å². The van der Waals surface area contributed by atoms with Crippen LogP contribution in [-0.4, -0.2) is 35.7 Å². The number of amides is 2. The summed E-state index contributed by atoms with van der Waals surface area (Å²) in [6.45, 7) is 4.24. The van der Waals surface area contributed by atoms with Gasteiger partial charge in [0.25, 0.3) is 11.8 Å². The number of nitrogens with one attached hydrogen (secondary N) is 1. The number of aromatic nitrogens is 5. The van der Waals surface area contributed by atoms with Crippen LogP contribution in [0.3, 0.4) is 0 Å². The van der Waals surface area contributed by atoms with Gasteiger partial charge in [0.1, 0.15) is 5.82 Å². The Kier molecular flexibility index (Phi) is 6.11. The molecular weight excluding hydrogens is 489 g/mol. The first-order valence-corrected chi connectivity index (χ1v) is 11.8. The molecule has 192 valence electrons. The fourth-order valence-corrected chi connectivity index (χ4v) is 4.62. The molecule has 0 aliphatic heterocycles. The predicted molar refractivity (Wildman–Crippen MR) is 141 cm³/mol. The molecule has 5 aromatic rings. The standard InChI is InChI=1S/C27H24FN7O3/c1-4-34-21(16-8-10-18(11-9-16)35-15(2)32-33(3)27(35)38)14-17-12-13-30-23(24(17)34)26(37)31-20-7-5-6-19(22(20)28)25(29)36/h5-14H,4H2,1-3H3,(H2,29,36)(H,31,37). The molecule has 0 atom stereocenters. The van der Waals surface area contributed by atoms with Crippen LogP contribution in [0.15, 0.2) is 65.6 Å².